The summed E-state index contributed by atoms with van der Waals surface area (Å²) in [7, 11) is 0. The molecule has 0 atom stereocenters. The molecule has 0 saturated heterocycles. The number of hydrogen-bond donors (Lipinski definition) is 1. The molecule has 0 aliphatic heterocycles. The molecular weight excluding hydrogens is 56.0 g/mol. The number of amides is 1. The van der Waals surface area contributed by atoms with Gasteiger partial charge in [0.25, 0.3) is 0 Å². The van der Waals surface area contributed by atoms with E-state index < -0.39 is 0 Å². The number of carbonyl (C=O) groups excluding carboxylic acids is 1. The first kappa shape index (κ1) is 3.27. The van der Waals surface area contributed by atoms with Gasteiger partial charge in [0.05, 0.1) is 0 Å². The van der Waals surface area contributed by atoms with Crippen LogP contribution in [0.25, 0.3) is 5.53 Å². The number of hydrogen-bond acceptors (Lipinski definition) is 1. The van der Waals surface area contributed by atoms with Crippen molar-refractivity contribution in [1.82, 2.24) is 0 Å². The molecule has 0 aliphatic carbocycles. The van der Waals surface area contributed by atoms with Crippen LogP contribution < -0.4 is 5.11 Å². The van der Waals surface area contributed by atoms with Crippen LogP contribution in [0.15, 0.2) is 0 Å². The quantitative estimate of drug-likeness (QED) is 0.282. The van der Waals surface area contributed by atoms with Gasteiger partial charge in [0.15, 0.2) is 0 Å². The van der Waals surface area contributed by atoms with E-state index in [1.54, 1.807) is 0 Å². The fourth-order valence-electron chi connectivity index (χ4n) is 0. The summed E-state index contributed by atoms with van der Waals surface area (Å²) in [6, 6.07) is 0. The van der Waals surface area contributed by atoms with Crippen LogP contribution >= 0.6 is 0 Å². The van der Waals surface area contributed by atoms with Crippen molar-refractivity contribution in [2.24, 2.45) is 0 Å². The molecule has 1 N–H and O–H groups in total. The van der Waals surface area contributed by atoms with Gasteiger partial charge in [-0.15, -0.1) is 0 Å². The molecule has 0 aromatic rings. The zero-order chi connectivity index (χ0) is 3.41. The third-order valence-electron chi connectivity index (χ3n) is 0.0527. The van der Waals surface area contributed by atoms with Crippen molar-refractivity contribution in [3.8, 4) is 0 Å². The Balaban J connectivity index is 2.73. The Kier molecular flexibility index (Phi) is 1.86. The summed E-state index contributed by atoms with van der Waals surface area (Å²) in [5.74, 6) is 0. The van der Waals surface area contributed by atoms with Gasteiger partial charge in [-0.25, -0.2) is 4.79 Å². The topological polar surface area (TPSA) is 53.3 Å². The van der Waals surface area contributed by atoms with Crippen LogP contribution in [0.4, 0.5) is 0 Å². The first-order chi connectivity index (χ1) is 1.91. The molecule has 0 unspecified atom stereocenters. The highest BCUT2D eigenvalue weighted by Crippen LogP contribution is 0.806. The molecule has 0 rings (SSSR count). The van der Waals surface area contributed by atoms with Gasteiger partial charge in [0, 0.05) is 0 Å². The van der Waals surface area contributed by atoms with Crippen molar-refractivity contribution >= 4 is 6.41 Å². The Hall–Kier alpha value is -0.730. The van der Waals surface area contributed by atoms with Gasteiger partial charge in [-0.1, -0.05) is 0 Å². The molecule has 0 spiro atoms. The molecule has 0 saturated carbocycles. The van der Waals surface area contributed by atoms with E-state index in [0.717, 1.165) is 0 Å². The predicted molar refractivity (Wildman–Crippen MR) is 10.4 cm³/mol. The fraction of sp³-hybridized carbons (Fsp3) is 0. The van der Waals surface area contributed by atoms with E-state index in [0.29, 0.717) is 0 Å². The van der Waals surface area contributed by atoms with Crippen LogP contribution in [-0.4, -0.2) is 6.41 Å². The standard InChI is InChI=1S/CH2N2O/c2-3-1-4/h1,3H. The smallest absolute Gasteiger partial charge is 0.362 e. The number of rotatable bonds is 1. The first-order valence-electron chi connectivity index (χ1n) is 0.748. The average molecular weight is 58.0 g/mol. The van der Waals surface area contributed by atoms with E-state index in [4.69, 9.17) is 10.3 Å². The average Bonchev–Trinajstić information content (AvgIpc) is 1.37. The van der Waals surface area contributed by atoms with Crippen molar-refractivity contribution in [3.63, 3.8) is 0 Å². The second kappa shape index (κ2) is 2.27. The Morgan fingerprint density at radius 1 is 2.00 bits per heavy atom. The molecule has 0 aliphatic rings. The highest BCUT2D eigenvalue weighted by atomic mass is 16.1. The molecule has 4 heavy (non-hydrogen) atoms. The molecule has 0 bridgehead atoms. The van der Waals surface area contributed by atoms with Crippen molar-refractivity contribution < 1.29 is 9.91 Å². The maximum Gasteiger partial charge on any atom is 0.362 e. The van der Waals surface area contributed by atoms with E-state index in [-0.39, 0.29) is 6.41 Å². The largest absolute Gasteiger partial charge is 0.500 e. The van der Waals surface area contributed by atoms with Gasteiger partial charge in [-0.05, 0) is 0 Å². The molecule has 22 valence electrons. The van der Waals surface area contributed by atoms with Crippen LogP contribution in [0.2, 0.25) is 0 Å². The zero-order valence-electron chi connectivity index (χ0n) is 1.93. The van der Waals surface area contributed by atoms with Crippen molar-refractivity contribution in [2.75, 3.05) is 0 Å². The Labute approximate surface area is 23.1 Å². The van der Waals surface area contributed by atoms with Gasteiger partial charge in [0.2, 0.25) is 0 Å². The molecule has 1 amide bonds. The highest BCUT2D eigenvalue weighted by molar-refractivity contribution is 5.30. The minimum absolute atomic E-state index is 0.181. The summed E-state index contributed by atoms with van der Waals surface area (Å²) >= 11 is 0. The van der Waals surface area contributed by atoms with E-state index in [1.807, 2.05) is 0 Å². The van der Waals surface area contributed by atoms with E-state index in [2.05, 4.69) is 0 Å². The Morgan fingerprint density at radius 3 is 2.25 bits per heavy atom. The third kappa shape index (κ3) is 1.27. The molecule has 3 heteroatoms. The summed E-state index contributed by atoms with van der Waals surface area (Å²) in [5.41, 5.74) is 7.26. The summed E-state index contributed by atoms with van der Waals surface area (Å²) in [4.78, 5) is 8.81. The minimum atomic E-state index is 0.181. The molecule has 0 aromatic heterocycles. The van der Waals surface area contributed by atoms with Gasteiger partial charge < -0.3 is 5.53 Å². The highest BCUT2D eigenvalue weighted by Gasteiger charge is 1.39. The zero-order valence-corrected chi connectivity index (χ0v) is 1.93. The molecule has 0 heterocycles. The van der Waals surface area contributed by atoms with Crippen LogP contribution in [0, 0.1) is 0 Å². The molecule has 0 aromatic carbocycles. The fourth-order valence-corrected chi connectivity index (χ4v) is 0. The first-order valence-corrected chi connectivity index (χ1v) is 0.748. The maximum absolute atomic E-state index is 8.81. The normalized spacial score (nSPS) is 5.00. The Bertz CT molecular complexity index is 27.0. The Morgan fingerprint density at radius 2 is 2.25 bits per heavy atom. The van der Waals surface area contributed by atoms with Gasteiger partial charge >= 0.3 is 6.41 Å². The maximum atomic E-state index is 8.81. The molecule has 0 radical (unpaired) electrons. The lowest BCUT2D eigenvalue weighted by Gasteiger charge is -1.48. The molecule has 0 fully saturated rings. The van der Waals surface area contributed by atoms with Crippen molar-refractivity contribution in [3.05, 3.63) is 5.53 Å². The lowest BCUT2D eigenvalue weighted by atomic mass is 11.5. The van der Waals surface area contributed by atoms with Crippen LogP contribution in [0.5, 0.6) is 0 Å². The second-order valence-corrected chi connectivity index (χ2v) is 0.247. The van der Waals surface area contributed by atoms with Gasteiger partial charge in [-0.3, -0.25) is 5.11 Å². The number of nitrogens with zero attached hydrogens (tertiary/aromatic N) is 1. The van der Waals surface area contributed by atoms with Gasteiger partial charge in [-0.2, -0.15) is 0 Å². The van der Waals surface area contributed by atoms with Gasteiger partial charge in [0.1, 0.15) is 0 Å². The van der Waals surface area contributed by atoms with E-state index in [9.17, 15) is 0 Å². The number of carbonyl (C=O) groups is 1. The van der Waals surface area contributed by atoms with Crippen molar-refractivity contribution in [2.45, 2.75) is 0 Å². The summed E-state index contributed by atoms with van der Waals surface area (Å²) in [6.45, 7) is 0. The summed E-state index contributed by atoms with van der Waals surface area (Å²) in [5, 5.41) is 1.25. The lowest BCUT2D eigenvalue weighted by Crippen LogP contribution is -2.60. The van der Waals surface area contributed by atoms with E-state index in [1.165, 1.54) is 5.11 Å². The third-order valence-corrected chi connectivity index (χ3v) is 0.0527. The summed E-state index contributed by atoms with van der Waals surface area (Å²) < 4.78 is 0. The van der Waals surface area contributed by atoms with Crippen LogP contribution in [0.3, 0.4) is 0 Å². The second-order valence-electron chi connectivity index (χ2n) is 0.247. The van der Waals surface area contributed by atoms with Crippen molar-refractivity contribution in [1.29, 1.82) is 0 Å². The minimum Gasteiger partial charge on any atom is -0.500 e. The van der Waals surface area contributed by atoms with Crippen LogP contribution in [0.1, 0.15) is 0 Å². The lowest BCUT2D eigenvalue weighted by molar-refractivity contribution is -0.379. The van der Waals surface area contributed by atoms with E-state index >= 15 is 0 Å². The molecular formula is CH2N2O. The number of nitrogens with one attached hydrogen (secondary N) is 1. The monoisotopic (exact) mass is 58.0 g/mol. The predicted octanol–water partition coefficient (Wildman–Crippen LogP) is -1.76. The molecule has 3 nitrogen and oxygen atoms in total. The summed E-state index contributed by atoms with van der Waals surface area (Å²) in [6.07, 6.45) is 0.181. The SMILES string of the molecule is [N-]=[NH+]C=O. The van der Waals surface area contributed by atoms with Crippen LogP contribution in [-0.2, 0) is 4.79 Å².